The number of benzene rings is 1. The Bertz CT molecular complexity index is 1100. The topological polar surface area (TPSA) is 103 Å². The van der Waals surface area contributed by atoms with Gasteiger partial charge in [0.2, 0.25) is 0 Å². The number of hydrogen-bond donors (Lipinski definition) is 0. The number of rotatable bonds is 5. The summed E-state index contributed by atoms with van der Waals surface area (Å²) in [7, 11) is 0. The number of fused-ring (bicyclic) bond motifs is 1. The van der Waals surface area contributed by atoms with Crippen molar-refractivity contribution >= 4 is 18.2 Å². The van der Waals surface area contributed by atoms with Gasteiger partial charge in [-0.05, 0) is 46.1 Å². The quantitative estimate of drug-likeness (QED) is 0.448. The number of likely N-dealkylation sites (tertiary alicyclic amines) is 1. The minimum atomic E-state index is -0.614. The van der Waals surface area contributed by atoms with Crippen molar-refractivity contribution in [2.75, 3.05) is 19.7 Å². The molecule has 0 bridgehead atoms. The lowest BCUT2D eigenvalue weighted by molar-refractivity contribution is 0.0234. The molecule has 2 aliphatic heterocycles. The van der Waals surface area contributed by atoms with Gasteiger partial charge >= 0.3 is 18.2 Å². The second-order valence-corrected chi connectivity index (χ2v) is 10.0. The fourth-order valence-electron chi connectivity index (χ4n) is 4.48. The summed E-state index contributed by atoms with van der Waals surface area (Å²) < 4.78 is 18.0. The van der Waals surface area contributed by atoms with Gasteiger partial charge in [-0.1, -0.05) is 30.3 Å². The third-order valence-electron chi connectivity index (χ3n) is 6.18. The summed E-state index contributed by atoms with van der Waals surface area (Å²) in [5, 5.41) is 4.72. The SMILES string of the molecule is CCOC(=O)c1c2c(nn1C1CCN(C(=O)OCc3ccccc3)CC1)CN(C(=O)OC(C)(C)C)C2. The second-order valence-electron chi connectivity index (χ2n) is 10.0. The molecule has 0 aliphatic carbocycles. The van der Waals surface area contributed by atoms with Crippen LogP contribution in [0.4, 0.5) is 9.59 Å². The van der Waals surface area contributed by atoms with Gasteiger partial charge < -0.3 is 19.1 Å². The third kappa shape index (κ3) is 5.80. The van der Waals surface area contributed by atoms with Crippen LogP contribution in [-0.4, -0.2) is 63.0 Å². The van der Waals surface area contributed by atoms with Crippen LogP contribution in [0.5, 0.6) is 0 Å². The lowest BCUT2D eigenvalue weighted by Crippen LogP contribution is -2.40. The Morgan fingerprint density at radius 3 is 2.31 bits per heavy atom. The van der Waals surface area contributed by atoms with E-state index in [1.54, 1.807) is 21.4 Å². The van der Waals surface area contributed by atoms with Gasteiger partial charge in [0.05, 0.1) is 31.4 Å². The third-order valence-corrected chi connectivity index (χ3v) is 6.18. The molecule has 4 rings (SSSR count). The fraction of sp³-hybridized carbons (Fsp3) is 0.538. The highest BCUT2D eigenvalue weighted by atomic mass is 16.6. The number of ether oxygens (including phenoxy) is 3. The average molecular weight is 499 g/mol. The van der Waals surface area contributed by atoms with Crippen molar-refractivity contribution in [1.29, 1.82) is 0 Å². The molecule has 36 heavy (non-hydrogen) atoms. The zero-order valence-electron chi connectivity index (χ0n) is 21.4. The van der Waals surface area contributed by atoms with E-state index in [1.807, 2.05) is 51.1 Å². The van der Waals surface area contributed by atoms with Gasteiger partial charge in [-0.2, -0.15) is 5.10 Å². The first-order valence-electron chi connectivity index (χ1n) is 12.4. The van der Waals surface area contributed by atoms with Gasteiger partial charge in [-0.3, -0.25) is 9.58 Å². The van der Waals surface area contributed by atoms with Crippen molar-refractivity contribution in [3.8, 4) is 0 Å². The molecule has 0 radical (unpaired) electrons. The predicted octanol–water partition coefficient (Wildman–Crippen LogP) is 4.28. The normalized spacial score (nSPS) is 16.0. The number of piperidine rings is 1. The molecule has 1 fully saturated rings. The van der Waals surface area contributed by atoms with Crippen molar-refractivity contribution in [3.63, 3.8) is 0 Å². The van der Waals surface area contributed by atoms with Gasteiger partial charge in [0.25, 0.3) is 0 Å². The highest BCUT2D eigenvalue weighted by molar-refractivity contribution is 5.90. The first-order valence-corrected chi connectivity index (χ1v) is 12.4. The molecule has 2 amide bonds. The van der Waals surface area contributed by atoms with E-state index in [2.05, 4.69) is 0 Å². The largest absolute Gasteiger partial charge is 0.461 e. The molecule has 0 spiro atoms. The van der Waals surface area contributed by atoms with Crippen molar-refractivity contribution in [2.24, 2.45) is 0 Å². The molecule has 1 aromatic heterocycles. The van der Waals surface area contributed by atoms with Crippen molar-refractivity contribution in [1.82, 2.24) is 19.6 Å². The van der Waals surface area contributed by atoms with Crippen LogP contribution in [-0.2, 0) is 33.9 Å². The highest BCUT2D eigenvalue weighted by Crippen LogP contribution is 2.32. The number of carbonyl (C=O) groups is 3. The summed E-state index contributed by atoms with van der Waals surface area (Å²) in [6, 6.07) is 9.49. The van der Waals surface area contributed by atoms with E-state index in [0.29, 0.717) is 42.9 Å². The van der Waals surface area contributed by atoms with Crippen molar-refractivity contribution in [2.45, 2.75) is 71.9 Å². The lowest BCUT2D eigenvalue weighted by atomic mass is 10.0. The summed E-state index contributed by atoms with van der Waals surface area (Å²) in [6.45, 7) is 9.16. The molecule has 1 aromatic carbocycles. The number of esters is 1. The Morgan fingerprint density at radius 2 is 1.67 bits per heavy atom. The molecule has 0 N–H and O–H groups in total. The van der Waals surface area contributed by atoms with Gasteiger partial charge in [0, 0.05) is 18.7 Å². The number of aromatic nitrogens is 2. The summed E-state index contributed by atoms with van der Waals surface area (Å²) in [5.74, 6) is -0.456. The summed E-state index contributed by atoms with van der Waals surface area (Å²) in [4.78, 5) is 41.3. The van der Waals surface area contributed by atoms with Crippen LogP contribution >= 0.6 is 0 Å². The predicted molar refractivity (Wildman–Crippen MR) is 130 cm³/mol. The molecular weight excluding hydrogens is 464 g/mol. The highest BCUT2D eigenvalue weighted by Gasteiger charge is 2.37. The van der Waals surface area contributed by atoms with E-state index >= 15 is 0 Å². The minimum absolute atomic E-state index is 0.0665. The van der Waals surface area contributed by atoms with E-state index < -0.39 is 17.7 Å². The minimum Gasteiger partial charge on any atom is -0.461 e. The Balaban J connectivity index is 1.42. The van der Waals surface area contributed by atoms with Crippen LogP contribution < -0.4 is 0 Å². The number of carbonyl (C=O) groups excluding carboxylic acids is 3. The summed E-state index contributed by atoms with van der Waals surface area (Å²) in [5.41, 5.74) is 2.07. The molecule has 2 aliphatic rings. The first-order chi connectivity index (χ1) is 17.2. The Hall–Kier alpha value is -3.56. The zero-order chi connectivity index (χ0) is 25.9. The van der Waals surface area contributed by atoms with Crippen LogP contribution in [0.3, 0.4) is 0 Å². The number of hydrogen-bond acceptors (Lipinski definition) is 7. The molecule has 0 unspecified atom stereocenters. The number of nitrogens with zero attached hydrogens (tertiary/aromatic N) is 4. The maximum atomic E-state index is 12.9. The van der Waals surface area contributed by atoms with Crippen molar-refractivity contribution in [3.05, 3.63) is 52.8 Å². The Morgan fingerprint density at radius 1 is 0.972 bits per heavy atom. The van der Waals surface area contributed by atoms with Gasteiger partial charge in [-0.25, -0.2) is 14.4 Å². The molecule has 3 heterocycles. The Kier molecular flexibility index (Phi) is 7.51. The standard InChI is InChI=1S/C26H34N4O6/c1-5-34-23(31)22-20-15-29(25(33)36-26(2,3)4)16-21(20)27-30(22)19-11-13-28(14-12-19)24(32)35-17-18-9-7-6-8-10-18/h6-10,19H,5,11-17H2,1-4H3. The van der Waals surface area contributed by atoms with Gasteiger partial charge in [0.15, 0.2) is 5.69 Å². The van der Waals surface area contributed by atoms with Crippen LogP contribution in [0.2, 0.25) is 0 Å². The van der Waals surface area contributed by atoms with E-state index in [1.165, 1.54) is 0 Å². The second kappa shape index (κ2) is 10.6. The molecular formula is C26H34N4O6. The molecule has 194 valence electrons. The van der Waals surface area contributed by atoms with Crippen LogP contribution in [0.1, 0.15) is 73.9 Å². The zero-order valence-corrected chi connectivity index (χ0v) is 21.4. The van der Waals surface area contributed by atoms with E-state index in [0.717, 1.165) is 5.56 Å². The van der Waals surface area contributed by atoms with E-state index in [-0.39, 0.29) is 38.4 Å². The van der Waals surface area contributed by atoms with Gasteiger partial charge in [0.1, 0.15) is 12.2 Å². The van der Waals surface area contributed by atoms with E-state index in [9.17, 15) is 14.4 Å². The smallest absolute Gasteiger partial charge is 0.410 e. The fourth-order valence-corrected chi connectivity index (χ4v) is 4.48. The average Bonchev–Trinajstić information content (AvgIpc) is 3.41. The molecule has 0 atom stereocenters. The van der Waals surface area contributed by atoms with E-state index in [4.69, 9.17) is 19.3 Å². The van der Waals surface area contributed by atoms with Crippen molar-refractivity contribution < 1.29 is 28.6 Å². The monoisotopic (exact) mass is 498 g/mol. The molecule has 2 aromatic rings. The van der Waals surface area contributed by atoms with Gasteiger partial charge in [-0.15, -0.1) is 0 Å². The molecule has 0 saturated carbocycles. The summed E-state index contributed by atoms with van der Waals surface area (Å²) >= 11 is 0. The lowest BCUT2D eigenvalue weighted by Gasteiger charge is -2.32. The van der Waals surface area contributed by atoms with Crippen LogP contribution in [0.15, 0.2) is 30.3 Å². The maximum absolute atomic E-state index is 12.9. The summed E-state index contributed by atoms with van der Waals surface area (Å²) in [6.07, 6.45) is 0.467. The maximum Gasteiger partial charge on any atom is 0.410 e. The Labute approximate surface area is 211 Å². The van der Waals surface area contributed by atoms with Crippen LogP contribution in [0.25, 0.3) is 0 Å². The number of amides is 2. The molecule has 10 nitrogen and oxygen atoms in total. The van der Waals surface area contributed by atoms with Crippen LogP contribution in [0, 0.1) is 0 Å². The first kappa shape index (κ1) is 25.5. The molecule has 1 saturated heterocycles. The molecule has 10 heteroatoms.